The van der Waals surface area contributed by atoms with Crippen LogP contribution in [0.25, 0.3) is 11.3 Å². The van der Waals surface area contributed by atoms with Crippen molar-refractivity contribution < 1.29 is 18.8 Å². The third kappa shape index (κ3) is 3.86. The zero-order chi connectivity index (χ0) is 18.5. The molecule has 2 heterocycles. The van der Waals surface area contributed by atoms with Crippen LogP contribution in [-0.2, 0) is 4.74 Å². The molecule has 0 aliphatic rings. The maximum Gasteiger partial charge on any atom is 0.350 e. The van der Waals surface area contributed by atoms with E-state index in [0.29, 0.717) is 16.3 Å². The average Bonchev–Trinajstić information content (AvgIpc) is 3.27. The number of carbonyl (C=O) groups excluding carboxylic acids is 2. The number of ether oxygens (including phenoxy) is 1. The van der Waals surface area contributed by atoms with E-state index >= 15 is 0 Å². The lowest BCUT2D eigenvalue weighted by Gasteiger charge is -1.98. The number of hydrogen-bond donors (Lipinski definition) is 1. The predicted octanol–water partition coefficient (Wildman–Crippen LogP) is 3.70. The van der Waals surface area contributed by atoms with Gasteiger partial charge in [0.15, 0.2) is 16.6 Å². The second-order valence-electron chi connectivity index (χ2n) is 5.22. The molecule has 0 saturated heterocycles. The molecule has 0 aliphatic carbocycles. The van der Waals surface area contributed by atoms with Gasteiger partial charge in [-0.15, -0.1) is 0 Å². The van der Waals surface area contributed by atoms with Crippen LogP contribution in [0.3, 0.4) is 0 Å². The molecule has 3 rings (SSSR count). The Labute approximate surface area is 153 Å². The van der Waals surface area contributed by atoms with Crippen molar-refractivity contribution in [1.82, 2.24) is 10.1 Å². The minimum atomic E-state index is -0.506. The number of rotatable bonds is 6. The minimum Gasteiger partial charge on any atom is -0.457 e. The number of benzene rings is 1. The van der Waals surface area contributed by atoms with Crippen LogP contribution in [0.4, 0.5) is 5.13 Å². The fourth-order valence-electron chi connectivity index (χ4n) is 2.12. The van der Waals surface area contributed by atoms with Crippen LogP contribution >= 0.6 is 11.3 Å². The highest BCUT2D eigenvalue weighted by Crippen LogP contribution is 2.25. The van der Waals surface area contributed by atoms with Crippen molar-refractivity contribution in [3.05, 3.63) is 65.3 Å². The molecule has 0 fully saturated rings. The first-order valence-electron chi connectivity index (χ1n) is 7.67. The van der Waals surface area contributed by atoms with Crippen LogP contribution in [-0.4, -0.2) is 28.6 Å². The van der Waals surface area contributed by atoms with Crippen molar-refractivity contribution in [3.63, 3.8) is 0 Å². The molecule has 7 nitrogen and oxygen atoms in total. The van der Waals surface area contributed by atoms with Gasteiger partial charge in [-0.1, -0.05) is 59.5 Å². The molecule has 0 spiro atoms. The molecule has 0 unspecified atom stereocenters. The van der Waals surface area contributed by atoms with Crippen LogP contribution in [0.1, 0.15) is 25.9 Å². The van der Waals surface area contributed by atoms with Gasteiger partial charge in [0.2, 0.25) is 0 Å². The van der Waals surface area contributed by atoms with Gasteiger partial charge in [0, 0.05) is 11.6 Å². The third-order valence-corrected chi connectivity index (χ3v) is 4.39. The lowest BCUT2D eigenvalue weighted by Crippen LogP contribution is -2.11. The average molecular weight is 369 g/mol. The Morgan fingerprint density at radius 2 is 2.12 bits per heavy atom. The van der Waals surface area contributed by atoms with E-state index in [2.05, 4.69) is 22.0 Å². The van der Waals surface area contributed by atoms with Crippen LogP contribution < -0.4 is 5.32 Å². The van der Waals surface area contributed by atoms with Gasteiger partial charge in [-0.25, -0.2) is 9.78 Å². The van der Waals surface area contributed by atoms with Crippen LogP contribution in [0, 0.1) is 6.92 Å². The highest BCUT2D eigenvalue weighted by molar-refractivity contribution is 7.17. The molecule has 0 atom stereocenters. The molecule has 0 saturated carbocycles. The quantitative estimate of drug-likeness (QED) is 0.526. The number of thiazole rings is 1. The lowest BCUT2D eigenvalue weighted by molar-refractivity contribution is 0.0554. The Morgan fingerprint density at radius 3 is 2.85 bits per heavy atom. The Hall–Kier alpha value is -3.26. The van der Waals surface area contributed by atoms with Crippen molar-refractivity contribution in [3.8, 4) is 11.3 Å². The number of esters is 1. The molecule has 0 radical (unpaired) electrons. The number of aryl methyl sites for hydroxylation is 1. The highest BCUT2D eigenvalue weighted by atomic mass is 32.1. The summed E-state index contributed by atoms with van der Waals surface area (Å²) in [5.41, 5.74) is 1.41. The highest BCUT2D eigenvalue weighted by Gasteiger charge is 2.19. The molecule has 0 bridgehead atoms. The van der Waals surface area contributed by atoms with E-state index < -0.39 is 11.9 Å². The third-order valence-electron chi connectivity index (χ3n) is 3.34. The van der Waals surface area contributed by atoms with Crippen molar-refractivity contribution >= 4 is 28.3 Å². The number of hydrogen-bond acceptors (Lipinski definition) is 7. The van der Waals surface area contributed by atoms with Gasteiger partial charge in [-0.2, -0.15) is 0 Å². The van der Waals surface area contributed by atoms with Gasteiger partial charge in [0.05, 0.1) is 5.69 Å². The predicted molar refractivity (Wildman–Crippen MR) is 97.2 cm³/mol. The standard InChI is InChI=1S/C18H15N3O4S/c1-3-9-24-17(23)15-11(2)19-18(26-15)20-16(22)13-10-14(25-21-13)12-7-5-4-6-8-12/h3-8,10H,1,9H2,2H3,(H,19,20,22). The van der Waals surface area contributed by atoms with Gasteiger partial charge in [-0.05, 0) is 6.92 Å². The van der Waals surface area contributed by atoms with E-state index in [4.69, 9.17) is 9.26 Å². The largest absolute Gasteiger partial charge is 0.457 e. The molecule has 2 aromatic heterocycles. The first-order chi connectivity index (χ1) is 12.6. The monoisotopic (exact) mass is 369 g/mol. The van der Waals surface area contributed by atoms with Gasteiger partial charge in [0.1, 0.15) is 11.5 Å². The van der Waals surface area contributed by atoms with Gasteiger partial charge < -0.3 is 9.26 Å². The van der Waals surface area contributed by atoms with E-state index in [-0.39, 0.29) is 17.4 Å². The van der Waals surface area contributed by atoms with Crippen LogP contribution in [0.5, 0.6) is 0 Å². The Balaban J connectivity index is 1.72. The summed E-state index contributed by atoms with van der Waals surface area (Å²) in [6.07, 6.45) is 1.48. The van der Waals surface area contributed by atoms with E-state index in [1.54, 1.807) is 13.0 Å². The van der Waals surface area contributed by atoms with Crippen LogP contribution in [0.2, 0.25) is 0 Å². The summed E-state index contributed by atoms with van der Waals surface area (Å²) < 4.78 is 10.2. The maximum absolute atomic E-state index is 12.3. The van der Waals surface area contributed by atoms with E-state index in [1.807, 2.05) is 30.3 Å². The number of anilines is 1. The zero-order valence-corrected chi connectivity index (χ0v) is 14.7. The molecular weight excluding hydrogens is 354 g/mol. The number of carbonyl (C=O) groups is 2. The van der Waals surface area contributed by atoms with Gasteiger partial charge >= 0.3 is 5.97 Å². The molecular formula is C18H15N3O4S. The molecule has 1 aromatic carbocycles. The van der Waals surface area contributed by atoms with Gasteiger partial charge in [-0.3, -0.25) is 10.1 Å². The molecule has 8 heteroatoms. The zero-order valence-electron chi connectivity index (χ0n) is 13.9. The fourth-order valence-corrected chi connectivity index (χ4v) is 2.98. The van der Waals surface area contributed by atoms with E-state index in [1.165, 1.54) is 6.08 Å². The minimum absolute atomic E-state index is 0.110. The Kier molecular flexibility index (Phi) is 5.23. The summed E-state index contributed by atoms with van der Waals surface area (Å²) in [5.74, 6) is -0.497. The fraction of sp³-hybridized carbons (Fsp3) is 0.111. The van der Waals surface area contributed by atoms with Crippen molar-refractivity contribution in [1.29, 1.82) is 0 Å². The van der Waals surface area contributed by atoms with Crippen molar-refractivity contribution in [2.75, 3.05) is 11.9 Å². The smallest absolute Gasteiger partial charge is 0.350 e. The molecule has 1 N–H and O–H groups in total. The number of nitrogens with one attached hydrogen (secondary N) is 1. The summed E-state index contributed by atoms with van der Waals surface area (Å²) in [6, 6.07) is 10.9. The second-order valence-corrected chi connectivity index (χ2v) is 6.22. The first-order valence-corrected chi connectivity index (χ1v) is 8.49. The number of amides is 1. The van der Waals surface area contributed by atoms with Crippen molar-refractivity contribution in [2.24, 2.45) is 0 Å². The second kappa shape index (κ2) is 7.75. The molecule has 26 heavy (non-hydrogen) atoms. The van der Waals surface area contributed by atoms with Crippen LogP contribution in [0.15, 0.2) is 53.6 Å². The van der Waals surface area contributed by atoms with E-state index in [0.717, 1.165) is 16.9 Å². The normalized spacial score (nSPS) is 10.3. The first kappa shape index (κ1) is 17.6. The Bertz CT molecular complexity index is 947. The summed E-state index contributed by atoms with van der Waals surface area (Å²) >= 11 is 1.03. The summed E-state index contributed by atoms with van der Waals surface area (Å²) in [4.78, 5) is 28.7. The molecule has 0 aliphatic heterocycles. The summed E-state index contributed by atoms with van der Waals surface area (Å²) in [6.45, 7) is 5.27. The lowest BCUT2D eigenvalue weighted by atomic mass is 10.1. The molecule has 3 aromatic rings. The topological polar surface area (TPSA) is 94.3 Å². The summed E-state index contributed by atoms with van der Waals surface area (Å²) in [5, 5.41) is 6.67. The summed E-state index contributed by atoms with van der Waals surface area (Å²) in [7, 11) is 0. The molecule has 1 amide bonds. The van der Waals surface area contributed by atoms with Crippen molar-refractivity contribution in [2.45, 2.75) is 6.92 Å². The number of nitrogens with zero attached hydrogens (tertiary/aromatic N) is 2. The van der Waals surface area contributed by atoms with E-state index in [9.17, 15) is 9.59 Å². The number of aromatic nitrogens is 2. The Morgan fingerprint density at radius 1 is 1.35 bits per heavy atom. The maximum atomic E-state index is 12.3. The molecule has 132 valence electrons. The van der Waals surface area contributed by atoms with Gasteiger partial charge in [0.25, 0.3) is 5.91 Å². The SMILES string of the molecule is C=CCOC(=O)c1sc(NC(=O)c2cc(-c3ccccc3)on2)nc1C.